The van der Waals surface area contributed by atoms with E-state index < -0.39 is 11.9 Å². The first-order valence-corrected chi connectivity index (χ1v) is 10.3. The Bertz CT molecular complexity index is 1090. The standard InChI is InChI=1S/C22H20Cl2N2O4/c1-13-19(18(12-27)26-8-10-29-11-9-26)14-4-2-7-17(21(14)30-13)25-22(28)20-15(23)5-3-6-16(20)24/h2-7,12,18H,8-11H2,1H3,(H,25,28). The van der Waals surface area contributed by atoms with Crippen molar-refractivity contribution in [1.82, 2.24) is 4.90 Å². The van der Waals surface area contributed by atoms with E-state index in [1.54, 1.807) is 24.3 Å². The van der Waals surface area contributed by atoms with Gasteiger partial charge < -0.3 is 19.3 Å². The predicted molar refractivity (Wildman–Crippen MR) is 117 cm³/mol. The van der Waals surface area contributed by atoms with Gasteiger partial charge in [-0.15, -0.1) is 0 Å². The highest BCUT2D eigenvalue weighted by Crippen LogP contribution is 2.37. The summed E-state index contributed by atoms with van der Waals surface area (Å²) in [5.41, 5.74) is 1.98. The third-order valence-corrected chi connectivity index (χ3v) is 5.87. The Morgan fingerprint density at radius 3 is 2.47 bits per heavy atom. The molecule has 2 heterocycles. The van der Waals surface area contributed by atoms with Gasteiger partial charge in [-0.2, -0.15) is 0 Å². The van der Waals surface area contributed by atoms with E-state index in [0.29, 0.717) is 43.3 Å². The molecule has 1 fully saturated rings. The van der Waals surface area contributed by atoms with Crippen molar-refractivity contribution in [3.63, 3.8) is 0 Å². The number of furan rings is 1. The predicted octanol–water partition coefficient (Wildman–Crippen LogP) is 4.87. The van der Waals surface area contributed by atoms with Crippen molar-refractivity contribution in [1.29, 1.82) is 0 Å². The fraction of sp³-hybridized carbons (Fsp3) is 0.273. The number of anilines is 1. The normalized spacial score (nSPS) is 15.8. The zero-order chi connectivity index (χ0) is 21.3. The monoisotopic (exact) mass is 446 g/mol. The Hall–Kier alpha value is -2.38. The molecule has 156 valence electrons. The van der Waals surface area contributed by atoms with E-state index in [1.165, 1.54) is 0 Å². The number of aryl methyl sites for hydroxylation is 1. The highest BCUT2D eigenvalue weighted by atomic mass is 35.5. The lowest BCUT2D eigenvalue weighted by Gasteiger charge is -2.31. The summed E-state index contributed by atoms with van der Waals surface area (Å²) >= 11 is 12.3. The molecule has 0 aliphatic carbocycles. The number of hydrogen-bond acceptors (Lipinski definition) is 5. The summed E-state index contributed by atoms with van der Waals surface area (Å²) in [7, 11) is 0. The summed E-state index contributed by atoms with van der Waals surface area (Å²) in [4.78, 5) is 26.9. The molecule has 1 N–H and O–H groups in total. The van der Waals surface area contributed by atoms with Gasteiger partial charge in [-0.3, -0.25) is 9.69 Å². The fourth-order valence-corrected chi connectivity index (χ4v) is 4.38. The second-order valence-electron chi connectivity index (χ2n) is 7.03. The zero-order valence-electron chi connectivity index (χ0n) is 16.3. The van der Waals surface area contributed by atoms with Gasteiger partial charge in [0.1, 0.15) is 12.0 Å². The fourth-order valence-electron chi connectivity index (χ4n) is 3.81. The maximum Gasteiger partial charge on any atom is 0.258 e. The Morgan fingerprint density at radius 1 is 1.13 bits per heavy atom. The molecule has 1 unspecified atom stereocenters. The van der Waals surface area contributed by atoms with Crippen LogP contribution in [0, 0.1) is 6.92 Å². The summed E-state index contributed by atoms with van der Waals surface area (Å²) in [6, 6.07) is 9.88. The number of hydrogen-bond donors (Lipinski definition) is 1. The molecule has 6 nitrogen and oxygen atoms in total. The maximum atomic E-state index is 12.8. The number of fused-ring (bicyclic) bond motifs is 1. The van der Waals surface area contributed by atoms with Gasteiger partial charge in [-0.1, -0.05) is 41.4 Å². The lowest BCUT2D eigenvalue weighted by Crippen LogP contribution is -2.39. The zero-order valence-corrected chi connectivity index (χ0v) is 17.8. The number of rotatable bonds is 5. The Kier molecular flexibility index (Phi) is 6.11. The van der Waals surface area contributed by atoms with Crippen LogP contribution >= 0.6 is 23.2 Å². The van der Waals surface area contributed by atoms with Crippen LogP contribution in [0.25, 0.3) is 11.0 Å². The molecule has 3 aromatic rings. The number of aldehydes is 1. The van der Waals surface area contributed by atoms with Gasteiger partial charge in [-0.25, -0.2) is 0 Å². The summed E-state index contributed by atoms with van der Waals surface area (Å²) in [5.74, 6) is 0.194. The van der Waals surface area contributed by atoms with Gasteiger partial charge >= 0.3 is 0 Å². The van der Waals surface area contributed by atoms with E-state index in [1.807, 2.05) is 19.1 Å². The van der Waals surface area contributed by atoms with E-state index in [0.717, 1.165) is 17.2 Å². The lowest BCUT2D eigenvalue weighted by molar-refractivity contribution is -0.114. The van der Waals surface area contributed by atoms with Crippen molar-refractivity contribution in [3.8, 4) is 0 Å². The van der Waals surface area contributed by atoms with Gasteiger partial charge in [0.25, 0.3) is 5.91 Å². The van der Waals surface area contributed by atoms with E-state index in [-0.39, 0.29) is 15.6 Å². The minimum atomic E-state index is -0.445. The number of nitrogens with zero attached hydrogens (tertiary/aromatic N) is 1. The van der Waals surface area contributed by atoms with E-state index in [2.05, 4.69) is 10.2 Å². The summed E-state index contributed by atoms with van der Waals surface area (Å²) < 4.78 is 11.4. The van der Waals surface area contributed by atoms with Crippen LogP contribution in [0.5, 0.6) is 0 Å². The van der Waals surface area contributed by atoms with Crippen molar-refractivity contribution >= 4 is 52.1 Å². The first-order valence-electron chi connectivity index (χ1n) is 9.55. The Labute approximate surface area is 183 Å². The second-order valence-corrected chi connectivity index (χ2v) is 7.85. The van der Waals surface area contributed by atoms with Crippen molar-refractivity contribution < 1.29 is 18.7 Å². The van der Waals surface area contributed by atoms with Crippen LogP contribution in [0.2, 0.25) is 10.0 Å². The molecule has 30 heavy (non-hydrogen) atoms. The molecule has 1 aliphatic rings. The quantitative estimate of drug-likeness (QED) is 0.565. The molecule has 1 atom stereocenters. The minimum Gasteiger partial charge on any atom is -0.459 e. The van der Waals surface area contributed by atoms with E-state index >= 15 is 0 Å². The van der Waals surface area contributed by atoms with Crippen LogP contribution in [0.3, 0.4) is 0 Å². The third-order valence-electron chi connectivity index (χ3n) is 5.24. The molecule has 8 heteroatoms. The van der Waals surface area contributed by atoms with Crippen molar-refractivity contribution in [2.75, 3.05) is 31.6 Å². The van der Waals surface area contributed by atoms with Crippen LogP contribution < -0.4 is 5.32 Å². The first kappa shape index (κ1) is 20.9. The highest BCUT2D eigenvalue weighted by Gasteiger charge is 2.28. The number of morpholine rings is 1. The summed E-state index contributed by atoms with van der Waals surface area (Å²) in [6.45, 7) is 4.31. The van der Waals surface area contributed by atoms with Crippen LogP contribution in [0.4, 0.5) is 5.69 Å². The summed E-state index contributed by atoms with van der Waals surface area (Å²) in [6.07, 6.45) is 0.928. The van der Waals surface area contributed by atoms with Gasteiger partial charge in [0.2, 0.25) is 0 Å². The molecule has 4 rings (SSSR count). The number of para-hydroxylation sites is 1. The van der Waals surface area contributed by atoms with Gasteiger partial charge in [-0.05, 0) is 25.1 Å². The molecule has 2 aromatic carbocycles. The number of amides is 1. The van der Waals surface area contributed by atoms with Crippen molar-refractivity contribution in [2.24, 2.45) is 0 Å². The number of carbonyl (C=O) groups excluding carboxylic acids is 2. The first-order chi connectivity index (χ1) is 14.5. The van der Waals surface area contributed by atoms with Crippen molar-refractivity contribution in [2.45, 2.75) is 13.0 Å². The van der Waals surface area contributed by atoms with E-state index in [9.17, 15) is 9.59 Å². The van der Waals surface area contributed by atoms with Crippen LogP contribution in [0.15, 0.2) is 40.8 Å². The Balaban J connectivity index is 1.72. The highest BCUT2D eigenvalue weighted by molar-refractivity contribution is 6.40. The average Bonchev–Trinajstić information content (AvgIpc) is 3.06. The molecule has 1 amide bonds. The average molecular weight is 447 g/mol. The van der Waals surface area contributed by atoms with Crippen molar-refractivity contribution in [3.05, 3.63) is 63.3 Å². The largest absolute Gasteiger partial charge is 0.459 e. The number of halogens is 2. The molecular weight excluding hydrogens is 427 g/mol. The smallest absolute Gasteiger partial charge is 0.258 e. The molecule has 0 spiro atoms. The van der Waals surface area contributed by atoms with Gasteiger partial charge in [0, 0.05) is 24.0 Å². The molecule has 0 saturated carbocycles. The maximum absolute atomic E-state index is 12.8. The van der Waals surface area contributed by atoms with Crippen LogP contribution in [0.1, 0.15) is 27.7 Å². The van der Waals surface area contributed by atoms with Gasteiger partial charge in [0.05, 0.1) is 40.6 Å². The second kappa shape index (κ2) is 8.78. The number of nitrogens with one attached hydrogen (secondary N) is 1. The minimum absolute atomic E-state index is 0.195. The third kappa shape index (κ3) is 3.84. The Morgan fingerprint density at radius 2 is 1.80 bits per heavy atom. The topological polar surface area (TPSA) is 71.8 Å². The SMILES string of the molecule is Cc1oc2c(NC(=O)c3c(Cl)cccc3Cl)cccc2c1C(C=O)N1CCOCC1. The molecule has 0 bridgehead atoms. The molecule has 1 saturated heterocycles. The van der Waals surface area contributed by atoms with Crippen LogP contribution in [-0.4, -0.2) is 43.4 Å². The molecule has 0 radical (unpaired) electrons. The molecule has 1 aromatic heterocycles. The van der Waals surface area contributed by atoms with Gasteiger partial charge in [0.15, 0.2) is 5.58 Å². The van der Waals surface area contributed by atoms with Crippen LogP contribution in [-0.2, 0) is 9.53 Å². The number of benzene rings is 2. The summed E-state index contributed by atoms with van der Waals surface area (Å²) in [5, 5.41) is 4.14. The molecular formula is C22H20Cl2N2O4. The lowest BCUT2D eigenvalue weighted by atomic mass is 10.0. The number of ether oxygens (including phenoxy) is 1. The molecule has 1 aliphatic heterocycles. The number of carbonyl (C=O) groups is 2. The van der Waals surface area contributed by atoms with E-state index in [4.69, 9.17) is 32.4 Å².